The summed E-state index contributed by atoms with van der Waals surface area (Å²) in [5, 5.41) is 6.52. The summed E-state index contributed by atoms with van der Waals surface area (Å²) in [5.74, 6) is 0.541. The number of nitrogens with zero attached hydrogens (tertiary/aromatic N) is 2. The molecule has 2 N–H and O–H groups in total. The van der Waals surface area contributed by atoms with Crippen LogP contribution in [0.1, 0.15) is 30.1 Å². The molecule has 110 valence electrons. The Morgan fingerprint density at radius 2 is 2.40 bits per heavy atom. The van der Waals surface area contributed by atoms with Gasteiger partial charge in [0, 0.05) is 25.3 Å². The molecule has 0 aliphatic carbocycles. The second-order valence-corrected chi connectivity index (χ2v) is 5.56. The van der Waals surface area contributed by atoms with Crippen molar-refractivity contribution in [2.45, 2.75) is 25.8 Å². The van der Waals surface area contributed by atoms with Gasteiger partial charge in [0.2, 0.25) is 0 Å². The number of rotatable bonds is 4. The number of likely N-dealkylation sites (N-methyl/N-ethyl adjacent to an activating group) is 1. The maximum absolute atomic E-state index is 12.3. The van der Waals surface area contributed by atoms with Crippen LogP contribution in [-0.2, 0) is 0 Å². The normalized spacial score (nSPS) is 19.6. The lowest BCUT2D eigenvalue weighted by Gasteiger charge is -2.30. The molecule has 1 aliphatic heterocycles. The van der Waals surface area contributed by atoms with Crippen molar-refractivity contribution in [2.24, 2.45) is 0 Å². The molecule has 2 rings (SSSR count). The molecular formula is C14H21ClN4O. The fourth-order valence-corrected chi connectivity index (χ4v) is 2.63. The summed E-state index contributed by atoms with van der Waals surface area (Å²) in [6.07, 6.45) is 3.63. The Balaban J connectivity index is 2.06. The van der Waals surface area contributed by atoms with E-state index < -0.39 is 0 Å². The number of aromatic nitrogens is 1. The molecule has 1 amide bonds. The van der Waals surface area contributed by atoms with Crippen LogP contribution in [0.15, 0.2) is 12.3 Å². The van der Waals surface area contributed by atoms with Crippen molar-refractivity contribution in [1.29, 1.82) is 0 Å². The van der Waals surface area contributed by atoms with Crippen LogP contribution in [-0.4, -0.2) is 48.5 Å². The van der Waals surface area contributed by atoms with Crippen molar-refractivity contribution in [3.8, 4) is 0 Å². The van der Waals surface area contributed by atoms with Gasteiger partial charge in [-0.3, -0.25) is 4.79 Å². The molecule has 20 heavy (non-hydrogen) atoms. The molecule has 0 radical (unpaired) electrons. The number of likely N-dealkylation sites (tertiary alicyclic amines) is 1. The standard InChI is InChI=1S/C14H21ClN4O/c1-3-16-13-7-11(12(15)8-17-13)14(20)18-10-5-4-6-19(2)9-10/h7-8,10H,3-6,9H2,1-2H3,(H,16,17)(H,18,20). The van der Waals surface area contributed by atoms with Crippen molar-refractivity contribution >= 4 is 23.3 Å². The minimum absolute atomic E-state index is 0.128. The fraction of sp³-hybridized carbons (Fsp3) is 0.571. The first kappa shape index (κ1) is 15.1. The van der Waals surface area contributed by atoms with Gasteiger partial charge in [-0.25, -0.2) is 4.98 Å². The van der Waals surface area contributed by atoms with Gasteiger partial charge in [0.1, 0.15) is 5.82 Å². The Bertz CT molecular complexity index is 480. The number of pyridine rings is 1. The van der Waals surface area contributed by atoms with Gasteiger partial charge in [0.15, 0.2) is 0 Å². The molecule has 1 aliphatic rings. The average Bonchev–Trinajstić information content (AvgIpc) is 2.41. The summed E-state index contributed by atoms with van der Waals surface area (Å²) in [5.41, 5.74) is 0.478. The Labute approximate surface area is 124 Å². The lowest BCUT2D eigenvalue weighted by molar-refractivity contribution is 0.0912. The Morgan fingerprint density at radius 3 is 3.10 bits per heavy atom. The lowest BCUT2D eigenvalue weighted by atomic mass is 10.1. The number of hydrogen-bond acceptors (Lipinski definition) is 4. The number of piperidine rings is 1. The predicted molar refractivity (Wildman–Crippen MR) is 81.4 cm³/mol. The number of halogens is 1. The van der Waals surface area contributed by atoms with Crippen LogP contribution in [0.25, 0.3) is 0 Å². The molecule has 1 fully saturated rings. The smallest absolute Gasteiger partial charge is 0.253 e. The van der Waals surface area contributed by atoms with E-state index in [0.717, 1.165) is 32.5 Å². The molecule has 1 unspecified atom stereocenters. The largest absolute Gasteiger partial charge is 0.370 e. The van der Waals surface area contributed by atoms with Crippen molar-refractivity contribution in [1.82, 2.24) is 15.2 Å². The Morgan fingerprint density at radius 1 is 1.60 bits per heavy atom. The average molecular weight is 297 g/mol. The quantitative estimate of drug-likeness (QED) is 0.892. The topological polar surface area (TPSA) is 57.3 Å². The van der Waals surface area contributed by atoms with E-state index in [1.807, 2.05) is 6.92 Å². The highest BCUT2D eigenvalue weighted by Crippen LogP contribution is 2.18. The number of anilines is 1. The minimum atomic E-state index is -0.128. The minimum Gasteiger partial charge on any atom is -0.370 e. The van der Waals surface area contributed by atoms with Crippen LogP contribution >= 0.6 is 11.6 Å². The monoisotopic (exact) mass is 296 g/mol. The highest BCUT2D eigenvalue weighted by molar-refractivity contribution is 6.33. The lowest BCUT2D eigenvalue weighted by Crippen LogP contribution is -2.46. The molecule has 1 aromatic rings. The summed E-state index contributed by atoms with van der Waals surface area (Å²) >= 11 is 6.08. The van der Waals surface area contributed by atoms with E-state index in [1.165, 1.54) is 6.20 Å². The highest BCUT2D eigenvalue weighted by atomic mass is 35.5. The molecule has 0 aromatic carbocycles. The molecular weight excluding hydrogens is 276 g/mol. The highest BCUT2D eigenvalue weighted by Gasteiger charge is 2.21. The van der Waals surface area contributed by atoms with Crippen LogP contribution in [0.3, 0.4) is 0 Å². The number of nitrogens with one attached hydrogen (secondary N) is 2. The van der Waals surface area contributed by atoms with Crippen LogP contribution in [0.2, 0.25) is 5.02 Å². The molecule has 1 atom stereocenters. The van der Waals surface area contributed by atoms with Gasteiger partial charge < -0.3 is 15.5 Å². The van der Waals surface area contributed by atoms with Crippen LogP contribution in [0.5, 0.6) is 0 Å². The van der Waals surface area contributed by atoms with E-state index in [0.29, 0.717) is 16.4 Å². The van der Waals surface area contributed by atoms with Gasteiger partial charge >= 0.3 is 0 Å². The number of carbonyl (C=O) groups is 1. The molecule has 1 saturated heterocycles. The zero-order valence-corrected chi connectivity index (χ0v) is 12.7. The summed E-state index contributed by atoms with van der Waals surface area (Å²) in [6, 6.07) is 1.89. The second kappa shape index (κ2) is 6.90. The van der Waals surface area contributed by atoms with Gasteiger partial charge in [-0.1, -0.05) is 11.6 Å². The Hall–Kier alpha value is -1.33. The number of hydrogen-bond donors (Lipinski definition) is 2. The third-order valence-electron chi connectivity index (χ3n) is 3.42. The van der Waals surface area contributed by atoms with Crippen molar-refractivity contribution in [2.75, 3.05) is 32.0 Å². The molecule has 2 heterocycles. The van der Waals surface area contributed by atoms with Gasteiger partial charge in [0.25, 0.3) is 5.91 Å². The first-order valence-electron chi connectivity index (χ1n) is 6.99. The van der Waals surface area contributed by atoms with E-state index in [2.05, 4.69) is 27.6 Å². The zero-order chi connectivity index (χ0) is 14.5. The van der Waals surface area contributed by atoms with E-state index in [9.17, 15) is 4.79 Å². The number of amides is 1. The fourth-order valence-electron chi connectivity index (χ4n) is 2.44. The van der Waals surface area contributed by atoms with Crippen LogP contribution in [0, 0.1) is 0 Å². The summed E-state index contributed by atoms with van der Waals surface area (Å²) < 4.78 is 0. The summed E-state index contributed by atoms with van der Waals surface area (Å²) in [7, 11) is 2.07. The summed E-state index contributed by atoms with van der Waals surface area (Å²) in [6.45, 7) is 4.71. The zero-order valence-electron chi connectivity index (χ0n) is 11.9. The predicted octanol–water partition coefficient (Wildman–Crippen LogP) is 1.99. The van der Waals surface area contributed by atoms with Gasteiger partial charge in [0.05, 0.1) is 10.6 Å². The van der Waals surface area contributed by atoms with Crippen LogP contribution < -0.4 is 10.6 Å². The van der Waals surface area contributed by atoms with E-state index in [4.69, 9.17) is 11.6 Å². The van der Waals surface area contributed by atoms with E-state index >= 15 is 0 Å². The van der Waals surface area contributed by atoms with Crippen LogP contribution in [0.4, 0.5) is 5.82 Å². The second-order valence-electron chi connectivity index (χ2n) is 5.15. The van der Waals surface area contributed by atoms with E-state index in [-0.39, 0.29) is 11.9 Å². The third kappa shape index (κ3) is 3.84. The van der Waals surface area contributed by atoms with Crippen molar-refractivity contribution in [3.63, 3.8) is 0 Å². The SMILES string of the molecule is CCNc1cc(C(=O)NC2CCCN(C)C2)c(Cl)cn1. The molecule has 6 heteroatoms. The summed E-state index contributed by atoms with van der Waals surface area (Å²) in [4.78, 5) is 18.7. The third-order valence-corrected chi connectivity index (χ3v) is 3.72. The number of carbonyl (C=O) groups excluding carboxylic acids is 1. The first-order valence-corrected chi connectivity index (χ1v) is 7.36. The molecule has 0 saturated carbocycles. The van der Waals surface area contributed by atoms with E-state index in [1.54, 1.807) is 6.07 Å². The van der Waals surface area contributed by atoms with Gasteiger partial charge in [-0.05, 0) is 39.4 Å². The van der Waals surface area contributed by atoms with Gasteiger partial charge in [-0.15, -0.1) is 0 Å². The van der Waals surface area contributed by atoms with Crippen molar-refractivity contribution < 1.29 is 4.79 Å². The first-order chi connectivity index (χ1) is 9.60. The molecule has 0 spiro atoms. The Kier molecular flexibility index (Phi) is 5.20. The molecule has 5 nitrogen and oxygen atoms in total. The molecule has 1 aromatic heterocycles. The maximum Gasteiger partial charge on any atom is 0.253 e. The maximum atomic E-state index is 12.3. The van der Waals surface area contributed by atoms with Gasteiger partial charge in [-0.2, -0.15) is 0 Å². The molecule has 0 bridgehead atoms. The van der Waals surface area contributed by atoms with Crippen molar-refractivity contribution in [3.05, 3.63) is 22.8 Å².